The lowest BCUT2D eigenvalue weighted by Crippen LogP contribution is -2.29. The van der Waals surface area contributed by atoms with Crippen LogP contribution in [0, 0.1) is 0 Å². The molecule has 0 bridgehead atoms. The Hall–Kier alpha value is -1.96. The van der Waals surface area contributed by atoms with Crippen LogP contribution < -0.4 is 10.6 Å². The first kappa shape index (κ1) is 11.1. The molecule has 0 aromatic carbocycles. The molecule has 8 heteroatoms. The van der Waals surface area contributed by atoms with E-state index in [9.17, 15) is 4.79 Å². The number of carbonyl (C=O) groups excluding carboxylic acids is 1. The highest BCUT2D eigenvalue weighted by atomic mass is 32.1. The van der Waals surface area contributed by atoms with Crippen LogP contribution in [0.15, 0.2) is 11.6 Å². The maximum Gasteiger partial charge on any atom is 0.321 e. The molecule has 2 aromatic heterocycles. The summed E-state index contributed by atoms with van der Waals surface area (Å²) in [5.74, 6) is 1.81. The van der Waals surface area contributed by atoms with Crippen LogP contribution in [-0.2, 0) is 19.5 Å². The van der Waals surface area contributed by atoms with Gasteiger partial charge in [0.1, 0.15) is 5.82 Å². The van der Waals surface area contributed by atoms with E-state index >= 15 is 0 Å². The average Bonchev–Trinajstić information content (AvgIpc) is 3.03. The van der Waals surface area contributed by atoms with Crippen molar-refractivity contribution in [1.29, 1.82) is 0 Å². The van der Waals surface area contributed by atoms with Crippen molar-refractivity contribution in [1.82, 2.24) is 25.1 Å². The number of nitrogens with one attached hydrogen (secondary N) is 2. The van der Waals surface area contributed by atoms with E-state index in [0.717, 1.165) is 31.0 Å². The van der Waals surface area contributed by atoms with Crippen LogP contribution in [0.3, 0.4) is 0 Å². The Kier molecular flexibility index (Phi) is 2.93. The lowest BCUT2D eigenvalue weighted by molar-refractivity contribution is 0.251. The number of anilines is 1. The summed E-state index contributed by atoms with van der Waals surface area (Å²) in [5.41, 5.74) is 0. The molecule has 0 fully saturated rings. The van der Waals surface area contributed by atoms with Crippen LogP contribution in [0.4, 0.5) is 9.93 Å². The van der Waals surface area contributed by atoms with Gasteiger partial charge in [0.05, 0.1) is 6.54 Å². The molecule has 2 N–H and O–H groups in total. The Morgan fingerprint density at radius 1 is 1.50 bits per heavy atom. The van der Waals surface area contributed by atoms with E-state index in [0.29, 0.717) is 11.7 Å². The minimum absolute atomic E-state index is 0.278. The first-order valence-electron chi connectivity index (χ1n) is 5.68. The van der Waals surface area contributed by atoms with E-state index in [1.807, 2.05) is 0 Å². The largest absolute Gasteiger partial charge is 0.331 e. The Labute approximate surface area is 107 Å². The van der Waals surface area contributed by atoms with Crippen LogP contribution in [0.2, 0.25) is 0 Å². The molecule has 94 valence electrons. The number of carbonyl (C=O) groups is 1. The minimum Gasteiger partial charge on any atom is -0.331 e. The van der Waals surface area contributed by atoms with Crippen LogP contribution in [-0.4, -0.2) is 25.8 Å². The van der Waals surface area contributed by atoms with Crippen molar-refractivity contribution in [3.63, 3.8) is 0 Å². The van der Waals surface area contributed by atoms with Gasteiger partial charge in [-0.15, -0.1) is 21.5 Å². The van der Waals surface area contributed by atoms with Crippen LogP contribution >= 0.6 is 11.3 Å². The zero-order chi connectivity index (χ0) is 12.4. The summed E-state index contributed by atoms with van der Waals surface area (Å²) in [5, 5.41) is 15.9. The van der Waals surface area contributed by atoms with E-state index < -0.39 is 0 Å². The van der Waals surface area contributed by atoms with Gasteiger partial charge in [-0.05, 0) is 6.42 Å². The zero-order valence-corrected chi connectivity index (χ0v) is 10.4. The maximum atomic E-state index is 11.6. The molecule has 0 saturated carbocycles. The number of nitrogens with zero attached hydrogens (tertiary/aromatic N) is 4. The number of thiazole rings is 1. The molecule has 7 nitrogen and oxygen atoms in total. The Balaban J connectivity index is 1.56. The number of aryl methyl sites for hydroxylation is 1. The van der Waals surface area contributed by atoms with E-state index in [4.69, 9.17) is 0 Å². The third-order valence-corrected chi connectivity index (χ3v) is 3.43. The molecule has 3 heterocycles. The fourth-order valence-corrected chi connectivity index (χ4v) is 2.45. The molecule has 0 spiro atoms. The van der Waals surface area contributed by atoms with Gasteiger partial charge >= 0.3 is 6.03 Å². The summed E-state index contributed by atoms with van der Waals surface area (Å²) in [6.45, 7) is 1.32. The van der Waals surface area contributed by atoms with Crippen molar-refractivity contribution < 1.29 is 4.79 Å². The molecule has 0 unspecified atom stereocenters. The van der Waals surface area contributed by atoms with Crippen LogP contribution in [0.5, 0.6) is 0 Å². The van der Waals surface area contributed by atoms with Gasteiger partial charge in [0, 0.05) is 24.5 Å². The van der Waals surface area contributed by atoms with Crippen molar-refractivity contribution in [2.75, 3.05) is 5.32 Å². The van der Waals surface area contributed by atoms with E-state index in [1.165, 1.54) is 11.3 Å². The SMILES string of the molecule is O=C(NCc1nnc2n1CCC2)Nc1nccs1. The van der Waals surface area contributed by atoms with Crippen molar-refractivity contribution in [3.8, 4) is 0 Å². The summed E-state index contributed by atoms with van der Waals surface area (Å²) < 4.78 is 2.06. The van der Waals surface area contributed by atoms with E-state index in [1.54, 1.807) is 11.6 Å². The summed E-state index contributed by atoms with van der Waals surface area (Å²) in [7, 11) is 0. The predicted octanol–water partition coefficient (Wildman–Crippen LogP) is 1.00. The third-order valence-electron chi connectivity index (χ3n) is 2.75. The second-order valence-electron chi connectivity index (χ2n) is 3.93. The molecule has 1 aliphatic rings. The third kappa shape index (κ3) is 2.19. The minimum atomic E-state index is -0.278. The van der Waals surface area contributed by atoms with Crippen molar-refractivity contribution in [2.45, 2.75) is 25.9 Å². The average molecular weight is 264 g/mol. The fourth-order valence-electron chi connectivity index (χ4n) is 1.93. The van der Waals surface area contributed by atoms with Crippen LogP contribution in [0.1, 0.15) is 18.1 Å². The number of aromatic nitrogens is 4. The summed E-state index contributed by atoms with van der Waals surface area (Å²) >= 11 is 1.38. The van der Waals surface area contributed by atoms with Crippen molar-refractivity contribution in [3.05, 3.63) is 23.2 Å². The van der Waals surface area contributed by atoms with Gasteiger partial charge in [-0.3, -0.25) is 5.32 Å². The number of amides is 2. The smallest absolute Gasteiger partial charge is 0.321 e. The van der Waals surface area contributed by atoms with E-state index in [-0.39, 0.29) is 6.03 Å². The highest BCUT2D eigenvalue weighted by molar-refractivity contribution is 7.13. The Morgan fingerprint density at radius 2 is 2.44 bits per heavy atom. The van der Waals surface area contributed by atoms with Gasteiger partial charge in [0.25, 0.3) is 0 Å². The predicted molar refractivity (Wildman–Crippen MR) is 66.3 cm³/mol. The molecule has 3 rings (SSSR count). The van der Waals surface area contributed by atoms with Gasteiger partial charge in [0.15, 0.2) is 11.0 Å². The highest BCUT2D eigenvalue weighted by Gasteiger charge is 2.17. The van der Waals surface area contributed by atoms with Gasteiger partial charge in [-0.1, -0.05) is 0 Å². The molecule has 0 atom stereocenters. The number of hydrogen-bond acceptors (Lipinski definition) is 5. The Morgan fingerprint density at radius 3 is 3.28 bits per heavy atom. The molecule has 1 aliphatic heterocycles. The first-order valence-corrected chi connectivity index (χ1v) is 6.56. The standard InChI is InChI=1S/C10H12N6OS/c17-9(13-10-11-3-5-18-10)12-6-8-15-14-7-2-1-4-16(7)8/h3,5H,1-2,4,6H2,(H2,11,12,13,17). The molecule has 0 aliphatic carbocycles. The Bertz CT molecular complexity index is 549. The molecular formula is C10H12N6OS. The maximum absolute atomic E-state index is 11.6. The second-order valence-corrected chi connectivity index (χ2v) is 4.83. The molecule has 2 aromatic rings. The number of hydrogen-bond donors (Lipinski definition) is 2. The number of urea groups is 1. The van der Waals surface area contributed by atoms with Gasteiger partial charge in [-0.25, -0.2) is 9.78 Å². The molecule has 2 amide bonds. The molecule has 0 saturated heterocycles. The molecule has 0 radical (unpaired) electrons. The lowest BCUT2D eigenvalue weighted by atomic mass is 10.4. The first-order chi connectivity index (χ1) is 8.83. The quantitative estimate of drug-likeness (QED) is 0.866. The lowest BCUT2D eigenvalue weighted by Gasteiger charge is -2.05. The second kappa shape index (κ2) is 4.73. The molecular weight excluding hydrogens is 252 g/mol. The summed E-state index contributed by atoms with van der Waals surface area (Å²) in [6.07, 6.45) is 3.72. The van der Waals surface area contributed by atoms with Gasteiger partial charge in [-0.2, -0.15) is 0 Å². The van der Waals surface area contributed by atoms with Crippen molar-refractivity contribution in [2.24, 2.45) is 0 Å². The van der Waals surface area contributed by atoms with Crippen molar-refractivity contribution >= 4 is 22.5 Å². The monoisotopic (exact) mass is 264 g/mol. The van der Waals surface area contributed by atoms with E-state index in [2.05, 4.69) is 30.4 Å². The fraction of sp³-hybridized carbons (Fsp3) is 0.400. The number of rotatable bonds is 3. The number of fused-ring (bicyclic) bond motifs is 1. The van der Waals surface area contributed by atoms with Crippen LogP contribution in [0.25, 0.3) is 0 Å². The summed E-state index contributed by atoms with van der Waals surface area (Å²) in [4.78, 5) is 15.6. The zero-order valence-electron chi connectivity index (χ0n) is 9.59. The topological polar surface area (TPSA) is 84.7 Å². The van der Waals surface area contributed by atoms with Gasteiger partial charge < -0.3 is 9.88 Å². The normalized spacial score (nSPS) is 13.3. The molecule has 18 heavy (non-hydrogen) atoms. The van der Waals surface area contributed by atoms with Gasteiger partial charge in [0.2, 0.25) is 0 Å². The highest BCUT2D eigenvalue weighted by Crippen LogP contribution is 2.14. The summed E-state index contributed by atoms with van der Waals surface area (Å²) in [6, 6.07) is -0.278.